The number of carbonyl (C=O) groups is 1. The number of halogens is 1. The molecule has 1 N–H and O–H groups in total. The molecule has 21 heavy (non-hydrogen) atoms. The van der Waals surface area contributed by atoms with E-state index in [1.165, 1.54) is 6.08 Å². The summed E-state index contributed by atoms with van der Waals surface area (Å²) in [7, 11) is 0. The van der Waals surface area contributed by atoms with Crippen molar-refractivity contribution in [1.29, 1.82) is 0 Å². The number of carbonyl (C=O) groups excluding carboxylic acids is 1. The van der Waals surface area contributed by atoms with Gasteiger partial charge < -0.3 is 10.1 Å². The summed E-state index contributed by atoms with van der Waals surface area (Å²) in [6, 6.07) is 17.2. The maximum absolute atomic E-state index is 12.1. The standard InChI is InChI=1S/C17H14BrNO2/c18-14-8-6-12(7-9-14)15(20)10-17-19-11-16(21-17)13-4-2-1-3-5-13/h1-10,16,19H,11H2/b17-10+/t16-/m1/s1. The minimum atomic E-state index is -0.0706. The molecule has 2 aromatic rings. The number of ketones is 1. The van der Waals surface area contributed by atoms with Gasteiger partial charge in [0.25, 0.3) is 0 Å². The smallest absolute Gasteiger partial charge is 0.191 e. The summed E-state index contributed by atoms with van der Waals surface area (Å²) in [5.74, 6) is 0.454. The second kappa shape index (κ2) is 6.14. The second-order valence-corrected chi connectivity index (χ2v) is 5.69. The van der Waals surface area contributed by atoms with Crippen LogP contribution in [0.3, 0.4) is 0 Å². The molecule has 106 valence electrons. The highest BCUT2D eigenvalue weighted by atomic mass is 79.9. The third-order valence-corrected chi connectivity index (χ3v) is 3.82. The molecule has 1 aliphatic rings. The highest BCUT2D eigenvalue weighted by Crippen LogP contribution is 2.24. The third-order valence-electron chi connectivity index (χ3n) is 3.29. The molecule has 1 aliphatic heterocycles. The second-order valence-electron chi connectivity index (χ2n) is 4.78. The van der Waals surface area contributed by atoms with Crippen LogP contribution in [0.25, 0.3) is 0 Å². The summed E-state index contributed by atoms with van der Waals surface area (Å²) in [4.78, 5) is 12.1. The topological polar surface area (TPSA) is 38.3 Å². The van der Waals surface area contributed by atoms with Gasteiger partial charge in [0, 0.05) is 16.1 Å². The number of allylic oxidation sites excluding steroid dienone is 1. The van der Waals surface area contributed by atoms with E-state index in [9.17, 15) is 4.79 Å². The highest BCUT2D eigenvalue weighted by molar-refractivity contribution is 9.10. The Morgan fingerprint density at radius 3 is 2.57 bits per heavy atom. The molecule has 1 fully saturated rings. The van der Waals surface area contributed by atoms with Gasteiger partial charge in [0.15, 0.2) is 11.7 Å². The van der Waals surface area contributed by atoms with E-state index in [-0.39, 0.29) is 11.9 Å². The quantitative estimate of drug-likeness (QED) is 0.679. The van der Waals surface area contributed by atoms with Crippen molar-refractivity contribution in [1.82, 2.24) is 5.32 Å². The zero-order valence-corrected chi connectivity index (χ0v) is 12.8. The van der Waals surface area contributed by atoms with Crippen molar-refractivity contribution < 1.29 is 9.53 Å². The molecule has 0 aromatic heterocycles. The van der Waals surface area contributed by atoms with Crippen molar-refractivity contribution in [2.75, 3.05) is 6.54 Å². The number of benzene rings is 2. The fourth-order valence-electron chi connectivity index (χ4n) is 2.19. The first-order chi connectivity index (χ1) is 10.2. The molecule has 0 radical (unpaired) electrons. The summed E-state index contributed by atoms with van der Waals surface area (Å²) in [5, 5.41) is 3.13. The molecule has 0 unspecified atom stereocenters. The average molecular weight is 344 g/mol. The van der Waals surface area contributed by atoms with Crippen molar-refractivity contribution in [2.45, 2.75) is 6.10 Å². The largest absolute Gasteiger partial charge is 0.469 e. The Kier molecular flexibility index (Phi) is 4.06. The molecule has 3 nitrogen and oxygen atoms in total. The van der Waals surface area contributed by atoms with Crippen LogP contribution in [0.15, 0.2) is 71.0 Å². The molecule has 1 heterocycles. The van der Waals surface area contributed by atoms with Crippen molar-refractivity contribution in [3.8, 4) is 0 Å². The first-order valence-electron chi connectivity index (χ1n) is 6.69. The lowest BCUT2D eigenvalue weighted by atomic mass is 10.1. The monoisotopic (exact) mass is 343 g/mol. The predicted molar refractivity (Wildman–Crippen MR) is 84.8 cm³/mol. The lowest BCUT2D eigenvalue weighted by Gasteiger charge is -2.08. The highest BCUT2D eigenvalue weighted by Gasteiger charge is 2.22. The fourth-order valence-corrected chi connectivity index (χ4v) is 2.45. The molecule has 0 bridgehead atoms. The number of hydrogen-bond donors (Lipinski definition) is 1. The van der Waals surface area contributed by atoms with Gasteiger partial charge in [-0.2, -0.15) is 0 Å². The Balaban J connectivity index is 1.71. The van der Waals surface area contributed by atoms with E-state index < -0.39 is 0 Å². The van der Waals surface area contributed by atoms with E-state index in [2.05, 4.69) is 21.2 Å². The zero-order valence-electron chi connectivity index (χ0n) is 11.3. The average Bonchev–Trinajstić information content (AvgIpc) is 2.97. The van der Waals surface area contributed by atoms with Crippen molar-refractivity contribution in [3.63, 3.8) is 0 Å². The maximum atomic E-state index is 12.1. The first kappa shape index (κ1) is 13.9. The van der Waals surface area contributed by atoms with Gasteiger partial charge in [0.1, 0.15) is 6.10 Å². The van der Waals surface area contributed by atoms with Gasteiger partial charge in [-0.1, -0.05) is 46.3 Å². The molecule has 2 aromatic carbocycles. The summed E-state index contributed by atoms with van der Waals surface area (Å²) >= 11 is 3.35. The number of hydrogen-bond acceptors (Lipinski definition) is 3. The van der Waals surface area contributed by atoms with Gasteiger partial charge in [-0.25, -0.2) is 0 Å². The summed E-state index contributed by atoms with van der Waals surface area (Å²) < 4.78 is 6.73. The molecule has 1 saturated heterocycles. The molecular formula is C17H14BrNO2. The molecule has 0 saturated carbocycles. The van der Waals surface area contributed by atoms with Crippen molar-refractivity contribution in [2.24, 2.45) is 0 Å². The fraction of sp³-hybridized carbons (Fsp3) is 0.118. The normalized spacial score (nSPS) is 19.1. The van der Waals surface area contributed by atoms with E-state index in [4.69, 9.17) is 4.74 Å². The lowest BCUT2D eigenvalue weighted by molar-refractivity contribution is 0.103. The van der Waals surface area contributed by atoms with Crippen LogP contribution >= 0.6 is 15.9 Å². The van der Waals surface area contributed by atoms with Gasteiger partial charge in [0.2, 0.25) is 0 Å². The van der Waals surface area contributed by atoms with Gasteiger partial charge >= 0.3 is 0 Å². The zero-order chi connectivity index (χ0) is 14.7. The van der Waals surface area contributed by atoms with Gasteiger partial charge in [0.05, 0.1) is 6.54 Å². The summed E-state index contributed by atoms with van der Waals surface area (Å²) in [6.07, 6.45) is 1.46. The van der Waals surface area contributed by atoms with E-state index in [0.29, 0.717) is 18.0 Å². The Morgan fingerprint density at radius 1 is 1.14 bits per heavy atom. The number of ether oxygens (including phenoxy) is 1. The van der Waals surface area contributed by atoms with Gasteiger partial charge in [-0.3, -0.25) is 4.79 Å². The van der Waals surface area contributed by atoms with Crippen LogP contribution in [-0.2, 0) is 4.74 Å². The molecule has 0 amide bonds. The lowest BCUT2D eigenvalue weighted by Crippen LogP contribution is -2.08. The van der Waals surface area contributed by atoms with Crippen LogP contribution in [-0.4, -0.2) is 12.3 Å². The third kappa shape index (κ3) is 3.34. The molecule has 0 spiro atoms. The molecule has 4 heteroatoms. The van der Waals surface area contributed by atoms with E-state index in [1.54, 1.807) is 12.1 Å². The summed E-state index contributed by atoms with van der Waals surface area (Å²) in [5.41, 5.74) is 1.74. The SMILES string of the molecule is O=C(/C=C1\NC[C@H](c2ccccc2)O1)c1ccc(Br)cc1. The minimum absolute atomic E-state index is 0.0461. The molecular weight excluding hydrogens is 330 g/mol. The Morgan fingerprint density at radius 2 is 1.86 bits per heavy atom. The first-order valence-corrected chi connectivity index (χ1v) is 7.49. The minimum Gasteiger partial charge on any atom is -0.469 e. The Labute approximate surface area is 131 Å². The van der Waals surface area contributed by atoms with Crippen LogP contribution < -0.4 is 5.32 Å². The Bertz CT molecular complexity index is 665. The van der Waals surface area contributed by atoms with Crippen molar-refractivity contribution >= 4 is 21.7 Å². The molecule has 1 atom stereocenters. The number of nitrogens with one attached hydrogen (secondary N) is 1. The van der Waals surface area contributed by atoms with E-state index in [1.807, 2.05) is 42.5 Å². The van der Waals surface area contributed by atoms with E-state index in [0.717, 1.165) is 10.0 Å². The summed E-state index contributed by atoms with van der Waals surface area (Å²) in [6.45, 7) is 0.670. The van der Waals surface area contributed by atoms with Crippen LogP contribution in [0.4, 0.5) is 0 Å². The Hall–Kier alpha value is -2.07. The molecule has 0 aliphatic carbocycles. The van der Waals surface area contributed by atoms with Crippen molar-refractivity contribution in [3.05, 3.63) is 82.2 Å². The van der Waals surface area contributed by atoms with Crippen LogP contribution in [0, 0.1) is 0 Å². The molecule has 3 rings (SSSR count). The number of rotatable bonds is 3. The van der Waals surface area contributed by atoms with Crippen LogP contribution in [0.1, 0.15) is 22.0 Å². The van der Waals surface area contributed by atoms with Gasteiger partial charge in [-0.15, -0.1) is 0 Å². The predicted octanol–water partition coefficient (Wildman–Crippen LogP) is 3.83. The maximum Gasteiger partial charge on any atom is 0.191 e. The van der Waals surface area contributed by atoms with E-state index >= 15 is 0 Å². The van der Waals surface area contributed by atoms with Crippen LogP contribution in [0.5, 0.6) is 0 Å². The van der Waals surface area contributed by atoms with Crippen LogP contribution in [0.2, 0.25) is 0 Å². The van der Waals surface area contributed by atoms with Gasteiger partial charge in [-0.05, 0) is 29.8 Å².